The summed E-state index contributed by atoms with van der Waals surface area (Å²) in [7, 11) is 2.10. The summed E-state index contributed by atoms with van der Waals surface area (Å²) in [6.07, 6.45) is 4.53. The van der Waals surface area contributed by atoms with Crippen LogP contribution in [0.5, 0.6) is 5.75 Å². The second-order valence-corrected chi connectivity index (χ2v) is 13.6. The molecule has 1 N–H and O–H groups in total. The number of aromatic nitrogens is 1. The third kappa shape index (κ3) is 5.78. The number of rotatable bonds is 9. The molecule has 1 saturated carbocycles. The fraction of sp³-hybridized carbons (Fsp3) is 0.412. The average Bonchev–Trinajstić information content (AvgIpc) is 3.46. The van der Waals surface area contributed by atoms with Gasteiger partial charge in [0.05, 0.1) is 17.6 Å². The highest BCUT2D eigenvalue weighted by Gasteiger charge is 2.47. The predicted molar refractivity (Wildman–Crippen MR) is 166 cm³/mol. The van der Waals surface area contributed by atoms with Gasteiger partial charge in [0, 0.05) is 52.5 Å². The number of likely N-dealkylation sites (tertiary alicyclic amines) is 2. The molecule has 0 bridgehead atoms. The number of halogens is 2. The highest BCUT2D eigenvalue weighted by molar-refractivity contribution is 7.15. The molecular formula is C34H36F2N4O2S. The normalized spacial score (nSPS) is 21.1. The van der Waals surface area contributed by atoms with E-state index in [4.69, 9.17) is 4.74 Å². The maximum Gasteiger partial charge on any atom is 0.261 e. The first kappa shape index (κ1) is 28.4. The second-order valence-electron chi connectivity index (χ2n) is 12.4. The number of likely N-dealkylation sites (N-methyl/N-ethyl adjacent to an activating group) is 1. The van der Waals surface area contributed by atoms with E-state index in [1.54, 1.807) is 17.5 Å². The predicted octanol–water partition coefficient (Wildman–Crippen LogP) is 6.61. The number of benzene rings is 2. The number of nitrogens with zero attached hydrogens (tertiary/aromatic N) is 3. The molecule has 9 heteroatoms. The van der Waals surface area contributed by atoms with Crippen LogP contribution >= 0.6 is 11.3 Å². The molecule has 1 unspecified atom stereocenters. The van der Waals surface area contributed by atoms with Gasteiger partial charge in [0.25, 0.3) is 11.8 Å². The standard InChI is InChI=1S/C34H36F2N4O2S/c1-22-5-6-25(42-20-24-9-14-39(24)2)18-28(22)32(41)38-33(10-11-33)29-16-23(17-30-27(29)4-3-13-37-30)31-8-7-26(43-31)19-40-15-12-34(35,36)21-40/h3-8,13,16-18,24H,9-12,14-15,19-21H2,1-2H3,(H,38,41). The van der Waals surface area contributed by atoms with Gasteiger partial charge in [0.1, 0.15) is 12.4 Å². The zero-order valence-corrected chi connectivity index (χ0v) is 25.4. The van der Waals surface area contributed by atoms with E-state index in [2.05, 4.69) is 46.5 Å². The lowest BCUT2D eigenvalue weighted by atomic mass is 9.95. The number of ether oxygens (including phenoxy) is 1. The summed E-state index contributed by atoms with van der Waals surface area (Å²) in [4.78, 5) is 24.7. The molecule has 224 valence electrons. The van der Waals surface area contributed by atoms with Crippen molar-refractivity contribution in [1.82, 2.24) is 20.1 Å². The van der Waals surface area contributed by atoms with Crippen molar-refractivity contribution in [2.24, 2.45) is 0 Å². The molecule has 43 heavy (non-hydrogen) atoms. The molecular weight excluding hydrogens is 566 g/mol. The molecule has 7 rings (SSSR count). The van der Waals surface area contributed by atoms with E-state index < -0.39 is 11.5 Å². The Bertz CT molecular complexity index is 1680. The smallest absolute Gasteiger partial charge is 0.261 e. The summed E-state index contributed by atoms with van der Waals surface area (Å²) in [6.45, 7) is 4.42. The van der Waals surface area contributed by atoms with Crippen LogP contribution in [0, 0.1) is 6.92 Å². The lowest BCUT2D eigenvalue weighted by molar-refractivity contribution is 0.0116. The van der Waals surface area contributed by atoms with E-state index >= 15 is 0 Å². The number of pyridine rings is 1. The number of fused-ring (bicyclic) bond motifs is 1. The van der Waals surface area contributed by atoms with Crippen molar-refractivity contribution in [2.45, 2.75) is 56.7 Å². The number of carbonyl (C=O) groups is 1. The van der Waals surface area contributed by atoms with Crippen molar-refractivity contribution in [3.8, 4) is 16.2 Å². The largest absolute Gasteiger partial charge is 0.492 e. The van der Waals surface area contributed by atoms with Crippen LogP contribution in [-0.4, -0.2) is 65.9 Å². The third-order valence-electron chi connectivity index (χ3n) is 9.25. The van der Waals surface area contributed by atoms with Crippen molar-refractivity contribution >= 4 is 28.1 Å². The highest BCUT2D eigenvalue weighted by atomic mass is 32.1. The third-order valence-corrected chi connectivity index (χ3v) is 10.4. The average molecular weight is 603 g/mol. The van der Waals surface area contributed by atoms with Crippen molar-refractivity contribution in [1.29, 1.82) is 0 Å². The lowest BCUT2D eigenvalue weighted by Crippen LogP contribution is -2.48. The molecule has 3 aliphatic rings. The van der Waals surface area contributed by atoms with E-state index in [0.717, 1.165) is 63.2 Å². The van der Waals surface area contributed by atoms with Gasteiger partial charge in [0.15, 0.2) is 0 Å². The van der Waals surface area contributed by atoms with Crippen molar-refractivity contribution in [2.75, 3.05) is 33.3 Å². The monoisotopic (exact) mass is 602 g/mol. The van der Waals surface area contributed by atoms with Crippen LogP contribution in [0.2, 0.25) is 0 Å². The minimum Gasteiger partial charge on any atom is -0.492 e. The molecule has 4 heterocycles. The fourth-order valence-electron chi connectivity index (χ4n) is 6.28. The highest BCUT2D eigenvalue weighted by Crippen LogP contribution is 2.49. The van der Waals surface area contributed by atoms with Crippen LogP contribution < -0.4 is 10.1 Å². The van der Waals surface area contributed by atoms with Crippen LogP contribution in [0.25, 0.3) is 21.3 Å². The first-order valence-corrected chi connectivity index (χ1v) is 15.8. The fourth-order valence-corrected chi connectivity index (χ4v) is 7.32. The molecule has 2 saturated heterocycles. The molecule has 2 aromatic heterocycles. The second kappa shape index (κ2) is 10.9. The van der Waals surface area contributed by atoms with E-state index in [1.165, 1.54) is 0 Å². The van der Waals surface area contributed by atoms with E-state index in [-0.39, 0.29) is 18.9 Å². The number of alkyl halides is 2. The Hall–Kier alpha value is -3.40. The summed E-state index contributed by atoms with van der Waals surface area (Å²) in [6, 6.07) is 18.5. The topological polar surface area (TPSA) is 57.7 Å². The van der Waals surface area contributed by atoms with Gasteiger partial charge in [-0.15, -0.1) is 11.3 Å². The van der Waals surface area contributed by atoms with Crippen LogP contribution in [0.3, 0.4) is 0 Å². The summed E-state index contributed by atoms with van der Waals surface area (Å²) >= 11 is 1.63. The summed E-state index contributed by atoms with van der Waals surface area (Å²) in [5, 5.41) is 4.42. The number of aryl methyl sites for hydroxylation is 1. The van der Waals surface area contributed by atoms with Gasteiger partial charge in [-0.3, -0.25) is 19.6 Å². The molecule has 2 aliphatic heterocycles. The quantitative estimate of drug-likeness (QED) is 0.234. The van der Waals surface area contributed by atoms with Crippen molar-refractivity contribution in [3.63, 3.8) is 0 Å². The van der Waals surface area contributed by atoms with Gasteiger partial charge < -0.3 is 10.1 Å². The number of hydrogen-bond donors (Lipinski definition) is 1. The van der Waals surface area contributed by atoms with Gasteiger partial charge in [0.2, 0.25) is 0 Å². The minimum atomic E-state index is -2.60. The molecule has 6 nitrogen and oxygen atoms in total. The van der Waals surface area contributed by atoms with Gasteiger partial charge in [-0.25, -0.2) is 8.78 Å². The molecule has 3 fully saturated rings. The van der Waals surface area contributed by atoms with E-state index in [9.17, 15) is 13.6 Å². The van der Waals surface area contributed by atoms with Crippen LogP contribution in [0.1, 0.15) is 52.0 Å². The maximum atomic E-state index is 13.8. The zero-order valence-electron chi connectivity index (χ0n) is 24.5. The Kier molecular flexibility index (Phi) is 7.22. The zero-order chi connectivity index (χ0) is 29.8. The summed E-state index contributed by atoms with van der Waals surface area (Å²) in [5.74, 6) is -1.99. The Morgan fingerprint density at radius 1 is 1.12 bits per heavy atom. The summed E-state index contributed by atoms with van der Waals surface area (Å²) in [5.41, 5.74) is 4.01. The lowest BCUT2D eigenvalue weighted by Gasteiger charge is -2.37. The molecule has 4 aromatic rings. The molecule has 1 amide bonds. The van der Waals surface area contributed by atoms with E-state index in [1.807, 2.05) is 42.2 Å². The number of amides is 1. The first-order chi connectivity index (χ1) is 20.7. The maximum absolute atomic E-state index is 13.8. The van der Waals surface area contributed by atoms with Crippen LogP contribution in [0.4, 0.5) is 8.78 Å². The molecule has 0 spiro atoms. The minimum absolute atomic E-state index is 0.0757. The number of hydrogen-bond acceptors (Lipinski definition) is 6. The molecule has 1 atom stereocenters. The van der Waals surface area contributed by atoms with Gasteiger partial charge >= 0.3 is 0 Å². The molecule has 0 radical (unpaired) electrons. The van der Waals surface area contributed by atoms with Crippen LogP contribution in [-0.2, 0) is 12.1 Å². The number of thiophene rings is 1. The Morgan fingerprint density at radius 2 is 1.98 bits per heavy atom. The van der Waals surface area contributed by atoms with Crippen molar-refractivity contribution in [3.05, 3.63) is 82.4 Å². The van der Waals surface area contributed by atoms with E-state index in [0.29, 0.717) is 37.1 Å². The number of nitrogens with one attached hydrogen (secondary N) is 1. The van der Waals surface area contributed by atoms with Crippen LogP contribution in [0.15, 0.2) is 60.8 Å². The Balaban J connectivity index is 1.14. The first-order valence-electron chi connectivity index (χ1n) is 15.0. The van der Waals surface area contributed by atoms with Gasteiger partial charge in [-0.2, -0.15) is 0 Å². The molecule has 2 aromatic carbocycles. The number of carbonyl (C=O) groups excluding carboxylic acids is 1. The van der Waals surface area contributed by atoms with Crippen molar-refractivity contribution < 1.29 is 18.3 Å². The Labute approximate surface area is 254 Å². The summed E-state index contributed by atoms with van der Waals surface area (Å²) < 4.78 is 33.5. The SMILES string of the molecule is Cc1ccc(OCC2CCN2C)cc1C(=O)NC1(c2cc(-c3ccc(CN4CCC(F)(F)C4)s3)cc3ncccc23)CC1. The molecule has 1 aliphatic carbocycles. The Morgan fingerprint density at radius 3 is 2.70 bits per heavy atom. The van der Waals surface area contributed by atoms with Gasteiger partial charge in [-0.1, -0.05) is 12.1 Å². The van der Waals surface area contributed by atoms with Gasteiger partial charge in [-0.05, 0) is 98.9 Å².